The molecule has 2 rings (SSSR count). The molecule has 0 aliphatic rings. The fourth-order valence-corrected chi connectivity index (χ4v) is 2.79. The van der Waals surface area contributed by atoms with Gasteiger partial charge in [-0.3, -0.25) is 9.59 Å². The summed E-state index contributed by atoms with van der Waals surface area (Å²) < 4.78 is 4.73. The van der Waals surface area contributed by atoms with Gasteiger partial charge in [-0.2, -0.15) is 0 Å². The first-order valence-electron chi connectivity index (χ1n) is 8.80. The summed E-state index contributed by atoms with van der Waals surface area (Å²) >= 11 is 5.91. The Morgan fingerprint density at radius 1 is 1.07 bits per heavy atom. The van der Waals surface area contributed by atoms with Crippen molar-refractivity contribution in [3.8, 4) is 0 Å². The van der Waals surface area contributed by atoms with Crippen LogP contribution >= 0.6 is 11.6 Å². The molecule has 0 fully saturated rings. The number of halogens is 1. The molecule has 144 valence electrons. The summed E-state index contributed by atoms with van der Waals surface area (Å²) in [4.78, 5) is 32.6. The lowest BCUT2D eigenvalue weighted by molar-refractivity contribution is -0.141. The van der Waals surface area contributed by atoms with Crippen LogP contribution in [-0.2, 0) is 16.1 Å². The van der Waals surface area contributed by atoms with Gasteiger partial charge < -0.3 is 14.5 Å². The lowest BCUT2D eigenvalue weighted by atomic mass is 10.2. The number of aromatic nitrogens is 1. The number of methoxy groups -OCH3 is 1. The molecule has 0 bridgehead atoms. The Hall–Kier alpha value is -2.60. The van der Waals surface area contributed by atoms with Crippen LogP contribution in [0.3, 0.4) is 0 Å². The zero-order valence-electron chi connectivity index (χ0n) is 15.8. The lowest BCUT2D eigenvalue weighted by Crippen LogP contribution is -2.36. The number of hydrogen-bond acceptors (Lipinski definition) is 5. The first kappa shape index (κ1) is 20.7. The van der Waals surface area contributed by atoms with E-state index in [1.807, 2.05) is 18.2 Å². The van der Waals surface area contributed by atoms with Crippen molar-refractivity contribution < 1.29 is 14.3 Å². The quantitative estimate of drug-likeness (QED) is 0.647. The van der Waals surface area contributed by atoms with Crippen molar-refractivity contribution in [1.29, 1.82) is 0 Å². The largest absolute Gasteiger partial charge is 0.468 e. The zero-order valence-corrected chi connectivity index (χ0v) is 16.6. The van der Waals surface area contributed by atoms with Crippen molar-refractivity contribution >= 4 is 29.3 Å². The van der Waals surface area contributed by atoms with Crippen molar-refractivity contribution in [2.45, 2.75) is 20.4 Å². The maximum Gasteiger partial charge on any atom is 0.325 e. The van der Waals surface area contributed by atoms with Crippen LogP contribution in [0.5, 0.6) is 0 Å². The van der Waals surface area contributed by atoms with Crippen LogP contribution in [0.2, 0.25) is 5.02 Å². The van der Waals surface area contributed by atoms with E-state index >= 15 is 0 Å². The van der Waals surface area contributed by atoms with Gasteiger partial charge in [0.2, 0.25) is 0 Å². The highest BCUT2D eigenvalue weighted by Crippen LogP contribution is 2.16. The molecule has 0 saturated heterocycles. The average Bonchev–Trinajstić information content (AvgIpc) is 2.70. The van der Waals surface area contributed by atoms with E-state index in [0.717, 1.165) is 24.5 Å². The molecule has 7 heteroatoms. The van der Waals surface area contributed by atoms with Gasteiger partial charge in [0.05, 0.1) is 12.7 Å². The van der Waals surface area contributed by atoms with Crippen LogP contribution in [0, 0.1) is 0 Å². The predicted octanol–water partition coefficient (Wildman–Crippen LogP) is 3.40. The molecular weight excluding hydrogens is 366 g/mol. The zero-order chi connectivity index (χ0) is 19.8. The molecule has 1 heterocycles. The first-order valence-corrected chi connectivity index (χ1v) is 9.17. The van der Waals surface area contributed by atoms with Gasteiger partial charge in [0, 0.05) is 30.9 Å². The molecule has 0 radical (unpaired) electrons. The summed E-state index contributed by atoms with van der Waals surface area (Å²) in [6.07, 6.45) is 1.54. The number of esters is 1. The number of benzene rings is 1. The minimum absolute atomic E-state index is 0.143. The SMILES string of the molecule is CCN(CC)c1ccc(C(=O)N(CC(=O)OC)Cc2ccc(Cl)cc2)cn1. The van der Waals surface area contributed by atoms with E-state index in [1.54, 1.807) is 24.4 Å². The maximum atomic E-state index is 12.9. The fraction of sp³-hybridized carbons (Fsp3) is 0.350. The van der Waals surface area contributed by atoms with Crippen molar-refractivity contribution in [3.63, 3.8) is 0 Å². The second-order valence-corrected chi connectivity index (χ2v) is 6.38. The van der Waals surface area contributed by atoms with E-state index in [-0.39, 0.29) is 19.0 Å². The molecule has 1 aromatic carbocycles. The molecule has 6 nitrogen and oxygen atoms in total. The number of nitrogens with zero attached hydrogens (tertiary/aromatic N) is 3. The van der Waals surface area contributed by atoms with Crippen LogP contribution in [0.15, 0.2) is 42.6 Å². The monoisotopic (exact) mass is 389 g/mol. The maximum absolute atomic E-state index is 12.9. The van der Waals surface area contributed by atoms with Crippen LogP contribution in [-0.4, -0.2) is 48.5 Å². The van der Waals surface area contributed by atoms with Crippen molar-refractivity contribution in [3.05, 3.63) is 58.7 Å². The van der Waals surface area contributed by atoms with Gasteiger partial charge in [-0.05, 0) is 43.7 Å². The van der Waals surface area contributed by atoms with Gasteiger partial charge in [-0.1, -0.05) is 23.7 Å². The van der Waals surface area contributed by atoms with E-state index in [4.69, 9.17) is 16.3 Å². The Morgan fingerprint density at radius 3 is 2.26 bits per heavy atom. The number of carbonyl (C=O) groups excluding carboxylic acids is 2. The Labute approximate surface area is 164 Å². The number of rotatable bonds is 8. The van der Waals surface area contributed by atoms with E-state index in [2.05, 4.69) is 23.7 Å². The standard InChI is InChI=1S/C20H24ClN3O3/c1-4-23(5-2)18-11-8-16(12-22-18)20(26)24(14-19(25)27-3)13-15-6-9-17(21)10-7-15/h6-12H,4-5,13-14H2,1-3H3. The number of hydrogen-bond donors (Lipinski definition) is 0. The van der Waals surface area contributed by atoms with E-state index in [0.29, 0.717) is 10.6 Å². The predicted molar refractivity (Wildman–Crippen MR) is 106 cm³/mol. The summed E-state index contributed by atoms with van der Waals surface area (Å²) in [6, 6.07) is 10.7. The Bertz CT molecular complexity index is 759. The summed E-state index contributed by atoms with van der Waals surface area (Å²) in [6.45, 7) is 5.89. The van der Waals surface area contributed by atoms with E-state index in [1.165, 1.54) is 12.0 Å². The molecule has 2 aromatic rings. The molecule has 27 heavy (non-hydrogen) atoms. The van der Waals surface area contributed by atoms with Crippen molar-refractivity contribution in [2.24, 2.45) is 0 Å². The molecule has 1 aromatic heterocycles. The highest BCUT2D eigenvalue weighted by molar-refractivity contribution is 6.30. The van der Waals surface area contributed by atoms with Gasteiger partial charge >= 0.3 is 5.97 Å². The normalized spacial score (nSPS) is 10.4. The minimum Gasteiger partial charge on any atom is -0.468 e. The average molecular weight is 390 g/mol. The third kappa shape index (κ3) is 5.69. The summed E-state index contributed by atoms with van der Waals surface area (Å²) in [5.74, 6) is 0.0488. The van der Waals surface area contributed by atoms with E-state index < -0.39 is 5.97 Å². The highest BCUT2D eigenvalue weighted by atomic mass is 35.5. The van der Waals surface area contributed by atoms with Crippen LogP contribution in [0.25, 0.3) is 0 Å². The van der Waals surface area contributed by atoms with Gasteiger partial charge in [-0.25, -0.2) is 4.98 Å². The highest BCUT2D eigenvalue weighted by Gasteiger charge is 2.20. The van der Waals surface area contributed by atoms with Crippen molar-refractivity contribution in [2.75, 3.05) is 31.6 Å². The second kappa shape index (κ2) is 9.92. The summed E-state index contributed by atoms with van der Waals surface area (Å²) in [7, 11) is 1.30. The molecular formula is C20H24ClN3O3. The molecule has 0 aliphatic carbocycles. The summed E-state index contributed by atoms with van der Waals surface area (Å²) in [5, 5.41) is 0.612. The second-order valence-electron chi connectivity index (χ2n) is 5.94. The molecule has 1 amide bonds. The van der Waals surface area contributed by atoms with E-state index in [9.17, 15) is 9.59 Å². The van der Waals surface area contributed by atoms with Crippen LogP contribution in [0.1, 0.15) is 29.8 Å². The number of anilines is 1. The fourth-order valence-electron chi connectivity index (χ4n) is 2.66. The molecule has 0 spiro atoms. The molecule has 0 N–H and O–H groups in total. The number of pyridine rings is 1. The Kier molecular flexibility index (Phi) is 7.61. The summed E-state index contributed by atoms with van der Waals surface area (Å²) in [5.41, 5.74) is 1.29. The third-order valence-electron chi connectivity index (χ3n) is 4.20. The van der Waals surface area contributed by atoms with Gasteiger partial charge in [0.15, 0.2) is 0 Å². The van der Waals surface area contributed by atoms with Crippen LogP contribution in [0.4, 0.5) is 5.82 Å². The molecule has 0 aliphatic heterocycles. The van der Waals surface area contributed by atoms with Crippen LogP contribution < -0.4 is 4.90 Å². The molecule has 0 saturated carbocycles. The number of amides is 1. The molecule has 0 atom stereocenters. The topological polar surface area (TPSA) is 62.7 Å². The number of ether oxygens (including phenoxy) is 1. The van der Waals surface area contributed by atoms with Gasteiger partial charge in [-0.15, -0.1) is 0 Å². The smallest absolute Gasteiger partial charge is 0.325 e. The lowest BCUT2D eigenvalue weighted by Gasteiger charge is -2.23. The third-order valence-corrected chi connectivity index (χ3v) is 4.46. The number of carbonyl (C=O) groups is 2. The van der Waals surface area contributed by atoms with Gasteiger partial charge in [0.1, 0.15) is 12.4 Å². The minimum atomic E-state index is -0.481. The first-order chi connectivity index (χ1) is 13.0. The Balaban J connectivity index is 2.21. The molecule has 0 unspecified atom stereocenters. The Morgan fingerprint density at radius 2 is 1.74 bits per heavy atom. The van der Waals surface area contributed by atoms with Gasteiger partial charge in [0.25, 0.3) is 5.91 Å². The van der Waals surface area contributed by atoms with Crippen molar-refractivity contribution in [1.82, 2.24) is 9.88 Å².